The van der Waals surface area contributed by atoms with Crippen LogP contribution in [-0.4, -0.2) is 17.4 Å². The molecule has 1 aromatic heterocycles. The Bertz CT molecular complexity index is 611. The maximum atomic E-state index is 5.50. The van der Waals surface area contributed by atoms with Crippen LogP contribution in [0.5, 0.6) is 5.75 Å². The van der Waals surface area contributed by atoms with Crippen LogP contribution >= 0.6 is 31.9 Å². The van der Waals surface area contributed by atoms with Crippen molar-refractivity contribution < 1.29 is 4.74 Å². The summed E-state index contributed by atoms with van der Waals surface area (Å²) in [7, 11) is 1.72. The number of aromatic nitrogens is 1. The maximum absolute atomic E-state index is 5.50. The molecule has 0 radical (unpaired) electrons. The zero-order valence-electron chi connectivity index (χ0n) is 12.5. The van der Waals surface area contributed by atoms with Crippen molar-refractivity contribution in [3.05, 3.63) is 57.3 Å². The summed E-state index contributed by atoms with van der Waals surface area (Å²) in [6.45, 7) is 4.11. The predicted molar refractivity (Wildman–Crippen MR) is 94.6 cm³/mol. The number of hydrogen-bond donors (Lipinski definition) is 0. The number of benzene rings is 1. The highest BCUT2D eigenvalue weighted by atomic mass is 79.9. The summed E-state index contributed by atoms with van der Waals surface area (Å²) in [5.74, 6) is 1.35. The van der Waals surface area contributed by atoms with Crippen LogP contribution in [0.2, 0.25) is 0 Å². The van der Waals surface area contributed by atoms with Gasteiger partial charge in [0.1, 0.15) is 5.75 Å². The zero-order valence-corrected chi connectivity index (χ0v) is 15.7. The fraction of sp³-hybridized carbons (Fsp3) is 0.353. The molecule has 0 bridgehead atoms. The van der Waals surface area contributed by atoms with E-state index in [1.807, 2.05) is 13.1 Å². The van der Waals surface area contributed by atoms with Crippen molar-refractivity contribution in [2.24, 2.45) is 0 Å². The molecule has 0 aliphatic carbocycles. The number of aryl methyl sites for hydroxylation is 1. The molecule has 0 aliphatic heterocycles. The Balaban J connectivity index is 2.29. The van der Waals surface area contributed by atoms with Gasteiger partial charge in [0.05, 0.1) is 7.11 Å². The Morgan fingerprint density at radius 2 is 1.86 bits per heavy atom. The summed E-state index contributed by atoms with van der Waals surface area (Å²) in [6.07, 6.45) is 2.80. The van der Waals surface area contributed by atoms with Crippen molar-refractivity contribution in [1.82, 2.24) is 4.98 Å². The van der Waals surface area contributed by atoms with Crippen molar-refractivity contribution in [3.8, 4) is 5.75 Å². The number of rotatable bonds is 5. The summed E-state index contributed by atoms with van der Waals surface area (Å²) in [6, 6.07) is 8.50. The van der Waals surface area contributed by atoms with Gasteiger partial charge in [-0.1, -0.05) is 44.0 Å². The lowest BCUT2D eigenvalue weighted by atomic mass is 9.94. The van der Waals surface area contributed by atoms with Crippen molar-refractivity contribution >= 4 is 31.9 Å². The largest absolute Gasteiger partial charge is 0.496 e. The second-order valence-corrected chi connectivity index (χ2v) is 6.72. The van der Waals surface area contributed by atoms with E-state index in [1.165, 1.54) is 5.56 Å². The van der Waals surface area contributed by atoms with E-state index in [9.17, 15) is 0 Å². The molecule has 2 nitrogen and oxygen atoms in total. The average Bonchev–Trinajstić information content (AvgIpc) is 2.48. The Morgan fingerprint density at radius 1 is 1.19 bits per heavy atom. The van der Waals surface area contributed by atoms with Gasteiger partial charge in [-0.2, -0.15) is 0 Å². The number of nitrogens with zero attached hydrogens (tertiary/aromatic N) is 1. The molecule has 1 unspecified atom stereocenters. The minimum absolute atomic E-state index is 0.400. The molecule has 1 atom stereocenters. The Hall–Kier alpha value is -0.870. The number of alkyl halides is 1. The molecule has 1 aromatic carbocycles. The van der Waals surface area contributed by atoms with E-state index in [2.05, 4.69) is 68.0 Å². The van der Waals surface area contributed by atoms with Crippen LogP contribution in [0.1, 0.15) is 28.3 Å². The van der Waals surface area contributed by atoms with Gasteiger partial charge in [0, 0.05) is 32.8 Å². The molecule has 4 heteroatoms. The molecule has 0 amide bonds. The number of methoxy groups -OCH3 is 1. The predicted octanol–water partition coefficient (Wildman–Crippen LogP) is 5.19. The molecule has 0 N–H and O–H groups in total. The van der Waals surface area contributed by atoms with E-state index in [4.69, 9.17) is 4.74 Å². The molecule has 2 aromatic rings. The fourth-order valence-electron chi connectivity index (χ4n) is 2.51. The molecule has 21 heavy (non-hydrogen) atoms. The van der Waals surface area contributed by atoms with Crippen LogP contribution in [0.3, 0.4) is 0 Å². The number of halogens is 2. The van der Waals surface area contributed by atoms with Crippen molar-refractivity contribution in [3.63, 3.8) is 0 Å². The van der Waals surface area contributed by atoms with Crippen LogP contribution < -0.4 is 4.74 Å². The molecule has 0 aliphatic rings. The third-order valence-corrected chi connectivity index (χ3v) is 5.03. The van der Waals surface area contributed by atoms with Gasteiger partial charge >= 0.3 is 0 Å². The van der Waals surface area contributed by atoms with Crippen LogP contribution in [0.15, 0.2) is 34.9 Å². The van der Waals surface area contributed by atoms with Gasteiger partial charge in [-0.25, -0.2) is 0 Å². The van der Waals surface area contributed by atoms with E-state index in [1.54, 1.807) is 7.11 Å². The van der Waals surface area contributed by atoms with Crippen molar-refractivity contribution in [2.45, 2.75) is 26.2 Å². The monoisotopic (exact) mass is 411 g/mol. The Morgan fingerprint density at radius 3 is 2.43 bits per heavy atom. The number of ether oxygens (including phenoxy) is 1. The second kappa shape index (κ2) is 7.41. The molecule has 0 spiro atoms. The third-order valence-electron chi connectivity index (χ3n) is 3.72. The van der Waals surface area contributed by atoms with E-state index in [0.717, 1.165) is 38.8 Å². The Kier molecular flexibility index (Phi) is 5.82. The fourth-order valence-corrected chi connectivity index (χ4v) is 3.37. The first-order valence-corrected chi connectivity index (χ1v) is 8.78. The quantitative estimate of drug-likeness (QED) is 0.630. The van der Waals surface area contributed by atoms with Gasteiger partial charge in [0.2, 0.25) is 0 Å². The first-order chi connectivity index (χ1) is 10.1. The van der Waals surface area contributed by atoms with E-state index in [-0.39, 0.29) is 0 Å². The van der Waals surface area contributed by atoms with Crippen LogP contribution in [0.25, 0.3) is 0 Å². The lowest BCUT2D eigenvalue weighted by Crippen LogP contribution is -2.08. The third kappa shape index (κ3) is 3.86. The van der Waals surface area contributed by atoms with Gasteiger partial charge in [-0.3, -0.25) is 4.98 Å². The highest BCUT2D eigenvalue weighted by Crippen LogP contribution is 2.29. The summed E-state index contributed by atoms with van der Waals surface area (Å²) in [5, 5.41) is 0.909. The lowest BCUT2D eigenvalue weighted by molar-refractivity contribution is 0.406. The summed E-state index contributed by atoms with van der Waals surface area (Å²) >= 11 is 7.11. The van der Waals surface area contributed by atoms with E-state index < -0.39 is 0 Å². The lowest BCUT2D eigenvalue weighted by Gasteiger charge is -2.17. The van der Waals surface area contributed by atoms with Crippen molar-refractivity contribution in [2.75, 3.05) is 12.4 Å². The second-order valence-electron chi connectivity index (χ2n) is 5.15. The normalized spacial score (nSPS) is 12.2. The average molecular weight is 413 g/mol. The standard InChI is InChI=1S/C17H19Br2NO/c1-11-10-20-16(12(2)17(11)21-3)8-14(9-18)13-4-6-15(19)7-5-13/h4-7,10,14H,8-9H2,1-3H3. The Labute approximate surface area is 143 Å². The van der Waals surface area contributed by atoms with Gasteiger partial charge in [0.15, 0.2) is 0 Å². The molecule has 2 rings (SSSR count). The summed E-state index contributed by atoms with van der Waals surface area (Å²) < 4.78 is 6.60. The van der Waals surface area contributed by atoms with E-state index >= 15 is 0 Å². The highest BCUT2D eigenvalue weighted by molar-refractivity contribution is 9.10. The molecule has 0 saturated heterocycles. The van der Waals surface area contributed by atoms with Crippen LogP contribution in [-0.2, 0) is 6.42 Å². The van der Waals surface area contributed by atoms with Crippen LogP contribution in [0, 0.1) is 13.8 Å². The number of pyridine rings is 1. The first kappa shape index (κ1) is 16.5. The molecule has 112 valence electrons. The maximum Gasteiger partial charge on any atom is 0.128 e. The zero-order chi connectivity index (χ0) is 15.4. The van der Waals surface area contributed by atoms with Gasteiger partial charge < -0.3 is 4.74 Å². The number of hydrogen-bond acceptors (Lipinski definition) is 2. The van der Waals surface area contributed by atoms with Gasteiger partial charge in [-0.05, 0) is 43.9 Å². The minimum atomic E-state index is 0.400. The van der Waals surface area contributed by atoms with Gasteiger partial charge in [-0.15, -0.1) is 0 Å². The molecule has 0 fully saturated rings. The SMILES string of the molecule is COc1c(C)cnc(CC(CBr)c2ccc(Br)cc2)c1C. The van der Waals surface area contributed by atoms with Crippen molar-refractivity contribution in [1.29, 1.82) is 0 Å². The highest BCUT2D eigenvalue weighted by Gasteiger charge is 2.16. The summed E-state index contributed by atoms with van der Waals surface area (Å²) in [4.78, 5) is 4.61. The minimum Gasteiger partial charge on any atom is -0.496 e. The molecular formula is C17H19Br2NO. The van der Waals surface area contributed by atoms with Crippen LogP contribution in [0.4, 0.5) is 0 Å². The molecule has 1 heterocycles. The molecular weight excluding hydrogens is 394 g/mol. The summed E-state index contributed by atoms with van der Waals surface area (Å²) in [5.41, 5.74) is 4.64. The molecule has 0 saturated carbocycles. The topological polar surface area (TPSA) is 22.1 Å². The van der Waals surface area contributed by atoms with Gasteiger partial charge in [0.25, 0.3) is 0 Å². The first-order valence-electron chi connectivity index (χ1n) is 6.87. The smallest absolute Gasteiger partial charge is 0.128 e. The van der Waals surface area contributed by atoms with E-state index in [0.29, 0.717) is 5.92 Å².